The maximum atomic E-state index is 12.1. The number of hydrogen-bond acceptors (Lipinski definition) is 4. The second-order valence-electron chi connectivity index (χ2n) is 7.04. The van der Waals surface area contributed by atoms with Crippen LogP contribution >= 0.6 is 0 Å². The van der Waals surface area contributed by atoms with E-state index < -0.39 is 0 Å². The van der Waals surface area contributed by atoms with E-state index in [0.717, 1.165) is 40.4 Å². The molecule has 6 nitrogen and oxygen atoms in total. The van der Waals surface area contributed by atoms with Crippen LogP contribution in [0, 0.1) is 13.8 Å². The number of nitrogens with one attached hydrogen (secondary N) is 1. The quantitative estimate of drug-likeness (QED) is 0.771. The van der Waals surface area contributed by atoms with Gasteiger partial charge in [0, 0.05) is 42.8 Å². The van der Waals surface area contributed by atoms with E-state index >= 15 is 0 Å². The molecule has 0 aliphatic carbocycles. The maximum Gasteiger partial charge on any atom is 0.223 e. The van der Waals surface area contributed by atoms with E-state index in [4.69, 9.17) is 0 Å². The van der Waals surface area contributed by atoms with Gasteiger partial charge in [-0.05, 0) is 50.1 Å². The molecule has 0 fully saturated rings. The fourth-order valence-electron chi connectivity index (χ4n) is 3.53. The van der Waals surface area contributed by atoms with Gasteiger partial charge in [-0.2, -0.15) is 0 Å². The fourth-order valence-corrected chi connectivity index (χ4v) is 3.53. The number of imidazole rings is 1. The Bertz CT molecular complexity index is 976. The van der Waals surface area contributed by atoms with Gasteiger partial charge in [0.25, 0.3) is 0 Å². The van der Waals surface area contributed by atoms with E-state index in [1.807, 2.05) is 66.3 Å². The Morgan fingerprint density at radius 2 is 2.04 bits per heavy atom. The number of nitrogens with zero attached hydrogens (tertiary/aromatic N) is 4. The summed E-state index contributed by atoms with van der Waals surface area (Å²) in [7, 11) is 0. The molecule has 1 amide bonds. The summed E-state index contributed by atoms with van der Waals surface area (Å²) in [5, 5.41) is 3.53. The van der Waals surface area contributed by atoms with Gasteiger partial charge >= 0.3 is 0 Å². The van der Waals surface area contributed by atoms with E-state index in [9.17, 15) is 4.79 Å². The Labute approximate surface area is 158 Å². The van der Waals surface area contributed by atoms with Crippen molar-refractivity contribution in [2.45, 2.75) is 33.2 Å². The molecule has 1 aromatic carbocycles. The zero-order chi connectivity index (χ0) is 19.0. The standard InChI is InChI=1S/C21H23N5O/c1-14-4-7-21(22-11-14)24-19-8-9-26(16(3)27)20-6-5-17(10-18(19)20)25-12-15(2)23-13-25/h4-7,10-13,19H,8-9H2,1-3H3,(H,22,24). The molecule has 0 radical (unpaired) electrons. The molecule has 2 aromatic heterocycles. The number of fused-ring (bicyclic) bond motifs is 1. The third-order valence-electron chi connectivity index (χ3n) is 4.94. The Kier molecular flexibility index (Phi) is 4.39. The minimum atomic E-state index is 0.0642. The molecule has 3 aromatic rings. The van der Waals surface area contributed by atoms with E-state index in [1.54, 1.807) is 6.92 Å². The van der Waals surface area contributed by atoms with Crippen molar-refractivity contribution in [3.63, 3.8) is 0 Å². The van der Waals surface area contributed by atoms with Gasteiger partial charge in [0.05, 0.1) is 18.1 Å². The van der Waals surface area contributed by atoms with Crippen LogP contribution in [0.15, 0.2) is 49.1 Å². The normalized spacial score (nSPS) is 16.1. The highest BCUT2D eigenvalue weighted by atomic mass is 16.2. The Balaban J connectivity index is 1.73. The summed E-state index contributed by atoms with van der Waals surface area (Å²) in [6.45, 7) is 6.30. The lowest BCUT2D eigenvalue weighted by atomic mass is 9.95. The molecule has 1 aliphatic heterocycles. The highest BCUT2D eigenvalue weighted by Crippen LogP contribution is 2.37. The number of anilines is 2. The predicted octanol–water partition coefficient (Wildman–Crippen LogP) is 3.79. The van der Waals surface area contributed by atoms with Gasteiger partial charge in [-0.3, -0.25) is 4.79 Å². The van der Waals surface area contributed by atoms with Gasteiger partial charge in [0.15, 0.2) is 0 Å². The van der Waals surface area contributed by atoms with Gasteiger partial charge < -0.3 is 14.8 Å². The molecule has 0 bridgehead atoms. The van der Waals surface area contributed by atoms with E-state index in [1.165, 1.54) is 0 Å². The summed E-state index contributed by atoms with van der Waals surface area (Å²) in [5.41, 5.74) is 5.19. The number of benzene rings is 1. The Hall–Kier alpha value is -3.15. The average Bonchev–Trinajstić information content (AvgIpc) is 3.09. The molecule has 1 unspecified atom stereocenters. The van der Waals surface area contributed by atoms with E-state index in [-0.39, 0.29) is 11.9 Å². The van der Waals surface area contributed by atoms with Crippen molar-refractivity contribution >= 4 is 17.4 Å². The molecule has 0 saturated carbocycles. The summed E-state index contributed by atoms with van der Waals surface area (Å²) >= 11 is 0. The molecule has 6 heteroatoms. The van der Waals surface area contributed by atoms with Crippen LogP contribution in [0.2, 0.25) is 0 Å². The molecule has 1 aliphatic rings. The van der Waals surface area contributed by atoms with Gasteiger partial charge in [-0.25, -0.2) is 9.97 Å². The first-order valence-electron chi connectivity index (χ1n) is 9.13. The molecule has 4 rings (SSSR count). The summed E-state index contributed by atoms with van der Waals surface area (Å²) in [4.78, 5) is 22.7. The summed E-state index contributed by atoms with van der Waals surface area (Å²) in [6, 6.07) is 10.3. The lowest BCUT2D eigenvalue weighted by molar-refractivity contribution is -0.116. The number of rotatable bonds is 3. The van der Waals surface area contributed by atoms with Crippen LogP contribution in [0.5, 0.6) is 0 Å². The van der Waals surface area contributed by atoms with Crippen molar-refractivity contribution in [2.75, 3.05) is 16.8 Å². The van der Waals surface area contributed by atoms with Crippen LogP contribution < -0.4 is 10.2 Å². The van der Waals surface area contributed by atoms with Crippen LogP contribution in [0.1, 0.15) is 36.2 Å². The lowest BCUT2D eigenvalue weighted by Gasteiger charge is -2.34. The third-order valence-corrected chi connectivity index (χ3v) is 4.94. The van der Waals surface area contributed by atoms with Crippen molar-refractivity contribution in [3.05, 3.63) is 65.9 Å². The number of pyridine rings is 1. The van der Waals surface area contributed by atoms with Crippen LogP contribution in [-0.2, 0) is 4.79 Å². The molecular formula is C21H23N5O. The zero-order valence-corrected chi connectivity index (χ0v) is 15.8. The Morgan fingerprint density at radius 1 is 1.19 bits per heavy atom. The molecule has 0 saturated heterocycles. The molecule has 1 atom stereocenters. The maximum absolute atomic E-state index is 12.1. The highest BCUT2D eigenvalue weighted by Gasteiger charge is 2.28. The van der Waals surface area contributed by atoms with Crippen LogP contribution in [0.4, 0.5) is 11.5 Å². The Morgan fingerprint density at radius 3 is 2.70 bits per heavy atom. The monoisotopic (exact) mass is 361 g/mol. The number of carbonyl (C=O) groups excluding carboxylic acids is 1. The zero-order valence-electron chi connectivity index (χ0n) is 15.8. The molecule has 27 heavy (non-hydrogen) atoms. The van der Waals surface area contributed by atoms with Gasteiger partial charge in [0.2, 0.25) is 5.91 Å². The van der Waals surface area contributed by atoms with Crippen LogP contribution in [-0.4, -0.2) is 27.0 Å². The number of hydrogen-bond donors (Lipinski definition) is 1. The summed E-state index contributed by atoms with van der Waals surface area (Å²) in [5.74, 6) is 0.908. The largest absolute Gasteiger partial charge is 0.363 e. The van der Waals surface area contributed by atoms with E-state index in [2.05, 4.69) is 21.4 Å². The fraction of sp³-hybridized carbons (Fsp3) is 0.286. The van der Waals surface area contributed by atoms with E-state index in [0.29, 0.717) is 6.54 Å². The average molecular weight is 361 g/mol. The van der Waals surface area contributed by atoms with Crippen molar-refractivity contribution in [1.29, 1.82) is 0 Å². The topological polar surface area (TPSA) is 63.1 Å². The predicted molar refractivity (Wildman–Crippen MR) is 106 cm³/mol. The van der Waals surface area contributed by atoms with Crippen LogP contribution in [0.25, 0.3) is 5.69 Å². The minimum absolute atomic E-state index is 0.0642. The number of amides is 1. The SMILES string of the molecule is CC(=O)N1CCC(Nc2ccc(C)cn2)c2cc(-n3cnc(C)c3)ccc21. The number of aryl methyl sites for hydroxylation is 2. The first-order chi connectivity index (χ1) is 13.0. The third kappa shape index (κ3) is 3.43. The van der Waals surface area contributed by atoms with Gasteiger partial charge in [-0.1, -0.05) is 6.07 Å². The van der Waals surface area contributed by atoms with Crippen molar-refractivity contribution in [3.8, 4) is 5.69 Å². The van der Waals surface area contributed by atoms with Gasteiger partial charge in [0.1, 0.15) is 5.82 Å². The van der Waals surface area contributed by atoms with Gasteiger partial charge in [-0.15, -0.1) is 0 Å². The molecular weight excluding hydrogens is 338 g/mol. The molecule has 1 N–H and O–H groups in total. The molecule has 138 valence electrons. The molecule has 0 spiro atoms. The van der Waals surface area contributed by atoms with Crippen molar-refractivity contribution in [2.24, 2.45) is 0 Å². The van der Waals surface area contributed by atoms with Crippen molar-refractivity contribution < 1.29 is 4.79 Å². The van der Waals surface area contributed by atoms with Crippen molar-refractivity contribution in [1.82, 2.24) is 14.5 Å². The minimum Gasteiger partial charge on any atom is -0.363 e. The first-order valence-corrected chi connectivity index (χ1v) is 9.13. The number of aromatic nitrogens is 3. The summed E-state index contributed by atoms with van der Waals surface area (Å²) < 4.78 is 2.00. The van der Waals surface area contributed by atoms with Crippen LogP contribution in [0.3, 0.4) is 0 Å². The number of carbonyl (C=O) groups is 1. The smallest absolute Gasteiger partial charge is 0.223 e. The lowest BCUT2D eigenvalue weighted by Crippen LogP contribution is -2.36. The summed E-state index contributed by atoms with van der Waals surface area (Å²) in [6.07, 6.45) is 6.50. The highest BCUT2D eigenvalue weighted by molar-refractivity contribution is 5.93. The second kappa shape index (κ2) is 6.87. The first kappa shape index (κ1) is 17.3. The second-order valence-corrected chi connectivity index (χ2v) is 7.04. The molecule has 3 heterocycles.